The van der Waals surface area contributed by atoms with Crippen molar-refractivity contribution in [2.75, 3.05) is 17.3 Å². The van der Waals surface area contributed by atoms with Gasteiger partial charge >= 0.3 is 0 Å². The number of aromatic nitrogens is 5. The van der Waals surface area contributed by atoms with Crippen LogP contribution < -0.4 is 11.1 Å². The Morgan fingerprint density at radius 1 is 1.12 bits per heavy atom. The van der Waals surface area contributed by atoms with E-state index in [0.717, 1.165) is 21.8 Å². The first kappa shape index (κ1) is 28.3. The van der Waals surface area contributed by atoms with Gasteiger partial charge in [0.05, 0.1) is 36.0 Å². The highest BCUT2D eigenvalue weighted by molar-refractivity contribution is 14.2. The predicted molar refractivity (Wildman–Crippen MR) is 151 cm³/mol. The molecule has 4 aromatic rings. The summed E-state index contributed by atoms with van der Waals surface area (Å²) in [7, 11) is 1.94. The normalized spacial score (nSPS) is 10.9. The second-order valence-corrected chi connectivity index (χ2v) is 9.30. The van der Waals surface area contributed by atoms with Gasteiger partial charge in [-0.2, -0.15) is 0 Å². The summed E-state index contributed by atoms with van der Waals surface area (Å²) in [6, 6.07) is 7.60. The highest BCUT2D eigenvalue weighted by Crippen LogP contribution is 2.39. The molecule has 7 nitrogen and oxygen atoms in total. The van der Waals surface area contributed by atoms with Crippen LogP contribution in [0.15, 0.2) is 41.7 Å². The molecule has 0 saturated carbocycles. The van der Waals surface area contributed by atoms with Crippen LogP contribution in [0.2, 0.25) is 0 Å². The van der Waals surface area contributed by atoms with E-state index < -0.39 is 6.43 Å². The quantitative estimate of drug-likeness (QED) is 0.131. The van der Waals surface area contributed by atoms with E-state index in [2.05, 4.69) is 26.3 Å². The van der Waals surface area contributed by atoms with Crippen LogP contribution in [0.5, 0.6) is 0 Å². The molecule has 0 radical (unpaired) electrons. The number of nitrogens with two attached hydrogens (primary N) is 1. The molecule has 4 rings (SSSR count). The minimum atomic E-state index is -2.70. The number of nitrogens with zero attached hydrogens (tertiary/aromatic N) is 5. The van der Waals surface area contributed by atoms with Gasteiger partial charge in [0.15, 0.2) is 11.5 Å². The average Bonchev–Trinajstić information content (AvgIpc) is 3.45. The maximum atomic E-state index is 13.5. The van der Waals surface area contributed by atoms with Crippen molar-refractivity contribution in [2.45, 2.75) is 39.0 Å². The highest BCUT2D eigenvalue weighted by Gasteiger charge is 2.22. The number of imidazole rings is 2. The first-order chi connectivity index (χ1) is 16.4. The van der Waals surface area contributed by atoms with Gasteiger partial charge in [-0.1, -0.05) is 33.8 Å². The Hall–Kier alpha value is -1.98. The van der Waals surface area contributed by atoms with Gasteiger partial charge in [0, 0.05) is 23.6 Å². The van der Waals surface area contributed by atoms with Crippen molar-refractivity contribution in [3.8, 4) is 11.3 Å². The van der Waals surface area contributed by atoms with Crippen molar-refractivity contribution in [1.82, 2.24) is 23.9 Å². The lowest BCUT2D eigenvalue weighted by Crippen LogP contribution is -1.99. The SMILES string of the molecule is CC.CC.CSc1cc(-c2cncn2C)ccc1Nc1cc(N)nc2c1nc(C(F)F)n2PI. The predicted octanol–water partition coefficient (Wildman–Crippen LogP) is 7.66. The number of fused-ring (bicyclic) bond motifs is 1. The molecule has 0 saturated heterocycles. The molecule has 184 valence electrons. The fourth-order valence-electron chi connectivity index (χ4n) is 3.14. The van der Waals surface area contributed by atoms with Crippen LogP contribution in [0.25, 0.3) is 22.4 Å². The van der Waals surface area contributed by atoms with Gasteiger partial charge in [-0.25, -0.2) is 23.7 Å². The van der Waals surface area contributed by atoms with Crippen molar-refractivity contribution in [1.29, 1.82) is 0 Å². The molecule has 1 atom stereocenters. The van der Waals surface area contributed by atoms with Gasteiger partial charge < -0.3 is 15.6 Å². The van der Waals surface area contributed by atoms with Crippen molar-refractivity contribution in [3.05, 3.63) is 42.6 Å². The lowest BCUT2D eigenvalue weighted by atomic mass is 10.1. The number of aryl methyl sites for hydroxylation is 1. The average molecular weight is 619 g/mol. The zero-order valence-electron chi connectivity index (χ0n) is 19.9. The van der Waals surface area contributed by atoms with Crippen LogP contribution in [0.3, 0.4) is 0 Å². The molecule has 1 aromatic carbocycles. The fourth-order valence-corrected chi connectivity index (χ4v) is 5.62. The maximum absolute atomic E-state index is 13.5. The summed E-state index contributed by atoms with van der Waals surface area (Å²) < 4.78 is 30.3. The number of benzene rings is 1. The van der Waals surface area contributed by atoms with E-state index in [9.17, 15) is 8.78 Å². The first-order valence-electron chi connectivity index (χ1n) is 10.7. The summed E-state index contributed by atoms with van der Waals surface area (Å²) in [4.78, 5) is 13.6. The molecule has 3 aromatic heterocycles. The summed E-state index contributed by atoms with van der Waals surface area (Å²) in [6.07, 6.45) is 2.87. The molecule has 0 aliphatic rings. The van der Waals surface area contributed by atoms with Gasteiger partial charge in [0.2, 0.25) is 0 Å². The largest absolute Gasteiger partial charge is 0.384 e. The molecule has 3 heterocycles. The summed E-state index contributed by atoms with van der Waals surface area (Å²) in [6.45, 7) is 8.00. The smallest absolute Gasteiger partial charge is 0.295 e. The number of rotatable bonds is 6. The Labute approximate surface area is 217 Å². The number of nitrogens with one attached hydrogen (secondary N) is 1. The van der Waals surface area contributed by atoms with E-state index in [4.69, 9.17) is 5.73 Å². The van der Waals surface area contributed by atoms with Gasteiger partial charge in [-0.15, -0.1) is 11.8 Å². The van der Waals surface area contributed by atoms with Crippen LogP contribution >= 0.6 is 40.2 Å². The third-order valence-corrected chi connectivity index (χ3v) is 7.36. The Balaban J connectivity index is 0.000000970. The second-order valence-electron chi connectivity index (χ2n) is 6.39. The number of halogens is 3. The second kappa shape index (κ2) is 13.2. The minimum Gasteiger partial charge on any atom is -0.384 e. The summed E-state index contributed by atoms with van der Waals surface area (Å²) >= 11 is 3.61. The monoisotopic (exact) mass is 619 g/mol. The highest BCUT2D eigenvalue weighted by atomic mass is 127. The number of anilines is 3. The molecule has 0 aliphatic carbocycles. The number of alkyl halides is 2. The van der Waals surface area contributed by atoms with E-state index in [0.29, 0.717) is 16.9 Å². The lowest BCUT2D eigenvalue weighted by molar-refractivity contribution is 0.140. The molecule has 3 N–H and O–H groups in total. The zero-order valence-corrected chi connectivity index (χ0v) is 23.9. The van der Waals surface area contributed by atoms with Crippen LogP contribution in [-0.4, -0.2) is 30.1 Å². The van der Waals surface area contributed by atoms with E-state index >= 15 is 0 Å². The van der Waals surface area contributed by atoms with E-state index in [-0.39, 0.29) is 18.0 Å². The maximum Gasteiger partial charge on any atom is 0.295 e. The third-order valence-electron chi connectivity index (χ3n) is 4.52. The van der Waals surface area contributed by atoms with Gasteiger partial charge in [-0.3, -0.25) is 4.34 Å². The first-order valence-corrected chi connectivity index (χ1v) is 16.0. The topological polar surface area (TPSA) is 86.6 Å². The van der Waals surface area contributed by atoms with Crippen LogP contribution in [0.1, 0.15) is 39.9 Å². The summed E-state index contributed by atoms with van der Waals surface area (Å²) in [5, 5.41) is 3.31. The number of hydrogen-bond acceptors (Lipinski definition) is 6. The third kappa shape index (κ3) is 5.98. The van der Waals surface area contributed by atoms with E-state index in [1.807, 2.05) is 85.9 Å². The zero-order chi connectivity index (χ0) is 25.4. The van der Waals surface area contributed by atoms with E-state index in [1.165, 1.54) is 4.34 Å². The molecule has 0 aliphatic heterocycles. The number of thioether (sulfide) groups is 1. The van der Waals surface area contributed by atoms with Gasteiger partial charge in [-0.05, 0) is 40.4 Å². The van der Waals surface area contributed by atoms with Crippen molar-refractivity contribution < 1.29 is 8.78 Å². The van der Waals surface area contributed by atoms with Crippen LogP contribution in [0, 0.1) is 0 Å². The molecule has 0 bridgehead atoms. The fraction of sp³-hybridized carbons (Fsp3) is 0.318. The van der Waals surface area contributed by atoms with Crippen molar-refractivity contribution >= 4 is 68.5 Å². The lowest BCUT2D eigenvalue weighted by Gasteiger charge is -2.13. The number of hydrogen-bond donors (Lipinski definition) is 2. The van der Waals surface area contributed by atoms with Crippen molar-refractivity contribution in [2.24, 2.45) is 7.05 Å². The Bertz CT molecular complexity index is 1230. The Kier molecular flexibility index (Phi) is 11.0. The molecule has 0 spiro atoms. The molecule has 0 amide bonds. The number of nitrogen functional groups attached to an aromatic ring is 1. The van der Waals surface area contributed by atoms with Crippen LogP contribution in [-0.2, 0) is 7.05 Å². The van der Waals surface area contributed by atoms with Gasteiger partial charge in [0.25, 0.3) is 6.43 Å². The van der Waals surface area contributed by atoms with Crippen molar-refractivity contribution in [3.63, 3.8) is 0 Å². The standard InChI is InChI=1S/C18H17F2IN7PS.2C2H6/c1-27-8-23-7-12(27)9-3-4-10(13(5-9)30-2)24-11-6-14(22)25-17-15(11)26-18(16(19)20)28(17)29-21;2*1-2/h3-8,16,29H,1-2H3,(H3,22,24,25);2*1-2H3. The minimum absolute atomic E-state index is 0.0283. The number of pyridine rings is 1. The Morgan fingerprint density at radius 3 is 2.38 bits per heavy atom. The summed E-state index contributed by atoms with van der Waals surface area (Å²) in [5.41, 5.74) is 10.1. The van der Waals surface area contributed by atoms with Gasteiger partial charge in [0.1, 0.15) is 11.3 Å². The molecule has 34 heavy (non-hydrogen) atoms. The Morgan fingerprint density at radius 2 is 1.82 bits per heavy atom. The molecular weight excluding hydrogens is 590 g/mol. The molecule has 12 heteroatoms. The molecule has 1 unspecified atom stereocenters. The van der Waals surface area contributed by atoms with E-state index in [1.54, 1.807) is 24.2 Å². The molecule has 0 fully saturated rings. The molecular formula is C22H29F2IN7PS. The summed E-state index contributed by atoms with van der Waals surface area (Å²) in [5.74, 6) is -0.0747. The van der Waals surface area contributed by atoms with Crippen LogP contribution in [0.4, 0.5) is 26.0 Å².